The van der Waals surface area contributed by atoms with Gasteiger partial charge in [-0.05, 0) is 0 Å². The molecule has 0 saturated carbocycles. The minimum absolute atomic E-state index is 1.75. The molecule has 22 valence electrons. The molecule has 0 aromatic heterocycles. The second-order valence-electron chi connectivity index (χ2n) is 0.761. The van der Waals surface area contributed by atoms with Crippen LogP contribution in [0.4, 0.5) is 0 Å². The van der Waals surface area contributed by atoms with Gasteiger partial charge < -0.3 is 0 Å². The van der Waals surface area contributed by atoms with Crippen LogP contribution in [0.15, 0.2) is 0 Å². The van der Waals surface area contributed by atoms with E-state index in [2.05, 4.69) is 6.47 Å². The van der Waals surface area contributed by atoms with Crippen molar-refractivity contribution < 1.29 is 0 Å². The molecule has 0 radical (unpaired) electrons. The molecule has 0 aliphatic heterocycles. The molecule has 0 aliphatic carbocycles. The molecule has 0 fully saturated rings. The molecule has 0 N–H and O–H groups in total. The first-order valence-electron chi connectivity index (χ1n) is 1.65. The zero-order valence-electron chi connectivity index (χ0n) is 3.44. The minimum atomic E-state index is 1.75. The van der Waals surface area contributed by atoms with Crippen LogP contribution in [0.1, 0.15) is 0 Å². The van der Waals surface area contributed by atoms with Crippen LogP contribution < -0.4 is 0 Å². The van der Waals surface area contributed by atoms with Crippen LogP contribution in [0.2, 0.25) is 6.82 Å². The summed E-state index contributed by atoms with van der Waals surface area (Å²) in [5, 5.41) is 0. The van der Waals surface area contributed by atoms with Gasteiger partial charge in [0, 0.05) is 0 Å². The molecule has 0 heterocycles. The average Bonchev–Trinajstić information content (AvgIpc) is 1.41. The summed E-state index contributed by atoms with van der Waals surface area (Å²) in [7, 11) is 0. The van der Waals surface area contributed by atoms with Gasteiger partial charge in [0.1, 0.15) is 0 Å². The topological polar surface area (TPSA) is 0 Å². The summed E-state index contributed by atoms with van der Waals surface area (Å²) in [6, 6.07) is 0. The van der Waals surface area contributed by atoms with Gasteiger partial charge in [-0.15, -0.1) is 0 Å². The molecule has 0 aromatic rings. The maximum absolute atomic E-state index is 3.46. The Kier molecular flexibility index (Phi) is 4.12. The Hall–Kier alpha value is 0.0648. The van der Waals surface area contributed by atoms with Crippen molar-refractivity contribution in [1.29, 1.82) is 0 Å². The summed E-state index contributed by atoms with van der Waals surface area (Å²) >= 11 is 0. The summed E-state index contributed by atoms with van der Waals surface area (Å²) in [5.41, 5.74) is 0. The molecule has 3 heteroatoms. The van der Waals surface area contributed by atoms with E-state index in [9.17, 15) is 0 Å². The van der Waals surface area contributed by atoms with Crippen molar-refractivity contribution in [3.05, 3.63) is 0 Å². The first kappa shape index (κ1) is 5.06. The fraction of sp³-hybridized carbons (Fsp3) is 0.500. The van der Waals surface area contributed by atoms with Crippen LogP contribution in [0.5, 0.6) is 0 Å². The molecule has 0 aliphatic rings. The molecule has 0 rings (SSSR count). The molecule has 0 atom stereocenters. The van der Waals surface area contributed by atoms with Crippen LogP contribution in [-0.2, 0) is 0 Å². The standard InChI is InChI=1S/C2H5B3/c1-3-5-4-2/h1H2,2H3. The molecule has 0 aromatic carbocycles. The number of rotatable bonds is 1. The normalized spacial score (nSPS) is 5.00. The van der Waals surface area contributed by atoms with Gasteiger partial charge >= 0.3 is 33.6 Å². The Labute approximate surface area is 34.6 Å². The fourth-order valence-electron chi connectivity index (χ4n) is 0.136. The molecular weight excluding hydrogens is 56.5 g/mol. The van der Waals surface area contributed by atoms with Gasteiger partial charge in [0.25, 0.3) is 0 Å². The van der Waals surface area contributed by atoms with E-state index in [0.717, 1.165) is 0 Å². The zero-order chi connectivity index (χ0) is 4.12. The molecule has 0 saturated heterocycles. The monoisotopic (exact) mass is 62.1 g/mol. The third-order valence-corrected chi connectivity index (χ3v) is 0.329. The Balaban J connectivity index is 2.92. The van der Waals surface area contributed by atoms with Gasteiger partial charge in [0.15, 0.2) is 0 Å². The van der Waals surface area contributed by atoms with Gasteiger partial charge in [-0.3, -0.25) is 0 Å². The third-order valence-electron chi connectivity index (χ3n) is 0.329. The van der Waals surface area contributed by atoms with Crippen LogP contribution in [0.25, 0.3) is 0 Å². The summed E-state index contributed by atoms with van der Waals surface area (Å²) in [6.07, 6.45) is 0. The van der Waals surface area contributed by atoms with Crippen LogP contribution in [-0.4, -0.2) is 26.8 Å². The van der Waals surface area contributed by atoms with E-state index < -0.39 is 0 Å². The number of hydrogen-bond donors (Lipinski definition) is 0. The van der Waals surface area contributed by atoms with Crippen molar-refractivity contribution in [2.75, 3.05) is 0 Å². The van der Waals surface area contributed by atoms with Gasteiger partial charge in [0.2, 0.25) is 0 Å². The van der Waals surface area contributed by atoms with Crippen molar-refractivity contribution in [1.82, 2.24) is 0 Å². The van der Waals surface area contributed by atoms with E-state index in [4.69, 9.17) is 0 Å². The molecule has 0 amide bonds. The molecule has 0 bridgehead atoms. The van der Waals surface area contributed by atoms with E-state index in [1.54, 1.807) is 6.81 Å². The predicted octanol–water partition coefficient (Wildman–Crippen LogP) is -0.591. The molecule has 0 unspecified atom stereocenters. The SMILES string of the molecule is C=BB=BC. The van der Waals surface area contributed by atoms with Crippen molar-refractivity contribution in [3.8, 4) is 0 Å². The number of hydrogen-bond acceptors (Lipinski definition) is 0. The van der Waals surface area contributed by atoms with Crippen LogP contribution >= 0.6 is 0 Å². The molecule has 0 spiro atoms. The summed E-state index contributed by atoms with van der Waals surface area (Å²) in [4.78, 5) is 0. The van der Waals surface area contributed by atoms with Crippen molar-refractivity contribution >= 4 is 26.8 Å². The van der Waals surface area contributed by atoms with Crippen LogP contribution in [0.3, 0.4) is 0 Å². The van der Waals surface area contributed by atoms with E-state index in [1.807, 2.05) is 20.3 Å². The summed E-state index contributed by atoms with van der Waals surface area (Å²) < 4.78 is 0. The summed E-state index contributed by atoms with van der Waals surface area (Å²) in [6.45, 7) is 11.0. The van der Waals surface area contributed by atoms with Crippen molar-refractivity contribution in [2.45, 2.75) is 6.82 Å². The van der Waals surface area contributed by atoms with E-state index in [1.165, 1.54) is 0 Å². The van der Waals surface area contributed by atoms with Gasteiger partial charge in [-0.1, -0.05) is 0 Å². The second kappa shape index (κ2) is 4.06. The second-order valence-corrected chi connectivity index (χ2v) is 0.761. The molecule has 5 heavy (non-hydrogen) atoms. The average molecular weight is 61.5 g/mol. The van der Waals surface area contributed by atoms with Gasteiger partial charge in [-0.2, -0.15) is 0 Å². The quantitative estimate of drug-likeness (QED) is 0.356. The van der Waals surface area contributed by atoms with Crippen molar-refractivity contribution in [2.24, 2.45) is 0 Å². The fourth-order valence-corrected chi connectivity index (χ4v) is 0.136. The van der Waals surface area contributed by atoms with E-state index >= 15 is 0 Å². The first-order valence-corrected chi connectivity index (χ1v) is 1.65. The Morgan fingerprint density at radius 3 is 2.20 bits per heavy atom. The maximum atomic E-state index is 3.46. The van der Waals surface area contributed by atoms with Crippen LogP contribution in [0, 0.1) is 0 Å². The predicted molar refractivity (Wildman–Crippen MR) is 30.2 cm³/mol. The zero-order valence-corrected chi connectivity index (χ0v) is 3.44. The molecular formula is C2H5B3. The van der Waals surface area contributed by atoms with E-state index in [-0.39, 0.29) is 0 Å². The Morgan fingerprint density at radius 2 is 2.20 bits per heavy atom. The Morgan fingerprint density at radius 1 is 1.60 bits per heavy atom. The van der Waals surface area contributed by atoms with E-state index in [0.29, 0.717) is 0 Å². The molecule has 0 nitrogen and oxygen atoms in total. The first-order chi connectivity index (χ1) is 2.41. The summed E-state index contributed by atoms with van der Waals surface area (Å²) in [5.74, 6) is 0. The van der Waals surface area contributed by atoms with Gasteiger partial charge in [-0.25, -0.2) is 0 Å². The van der Waals surface area contributed by atoms with Crippen molar-refractivity contribution in [3.63, 3.8) is 0 Å². The Bertz CT molecular complexity index is 46.9. The third kappa shape index (κ3) is 4.06. The van der Waals surface area contributed by atoms with Gasteiger partial charge in [0.05, 0.1) is 0 Å².